The number of rotatable bonds is 8. The van der Waals surface area contributed by atoms with E-state index in [-0.39, 0.29) is 0 Å². The van der Waals surface area contributed by atoms with Crippen LogP contribution in [0.25, 0.3) is 0 Å². The maximum atomic E-state index is 5.44. The Balaban J connectivity index is 1.70. The molecule has 3 rings (SSSR count). The van der Waals surface area contributed by atoms with E-state index in [0.29, 0.717) is 5.95 Å². The number of unbranched alkanes of at least 4 members (excludes halogenated alkanes) is 3. The fraction of sp³-hybridized carbons (Fsp3) is 0.824. The molecule has 2 aliphatic heterocycles. The number of anilines is 3. The van der Waals surface area contributed by atoms with Crippen LogP contribution >= 0.6 is 0 Å². The summed E-state index contributed by atoms with van der Waals surface area (Å²) in [6.07, 6.45) is 4.89. The van der Waals surface area contributed by atoms with Crippen LogP contribution in [0.15, 0.2) is 0 Å². The molecule has 3 heterocycles. The maximum Gasteiger partial charge on any atom is 0.232 e. The van der Waals surface area contributed by atoms with Gasteiger partial charge < -0.3 is 24.6 Å². The zero-order chi connectivity index (χ0) is 17.3. The Morgan fingerprint density at radius 1 is 0.800 bits per heavy atom. The van der Waals surface area contributed by atoms with Gasteiger partial charge in [-0.25, -0.2) is 0 Å². The summed E-state index contributed by atoms with van der Waals surface area (Å²) in [6, 6.07) is 0. The van der Waals surface area contributed by atoms with E-state index in [9.17, 15) is 0 Å². The first-order chi connectivity index (χ1) is 12.4. The average Bonchev–Trinajstić information content (AvgIpc) is 2.69. The maximum absolute atomic E-state index is 5.44. The number of hydrogen-bond donors (Lipinski definition) is 1. The van der Waals surface area contributed by atoms with Crippen LogP contribution in [0.3, 0.4) is 0 Å². The molecular formula is C17H30N6O2. The third-order valence-corrected chi connectivity index (χ3v) is 4.51. The molecule has 0 radical (unpaired) electrons. The van der Waals surface area contributed by atoms with E-state index in [4.69, 9.17) is 14.5 Å². The zero-order valence-corrected chi connectivity index (χ0v) is 15.2. The van der Waals surface area contributed by atoms with Crippen LogP contribution in [0, 0.1) is 0 Å². The highest BCUT2D eigenvalue weighted by atomic mass is 16.5. The Morgan fingerprint density at radius 3 is 1.88 bits per heavy atom. The SMILES string of the molecule is CCCCCCNc1nc(N2CCOCC2)nc(N2CCOCC2)n1. The number of hydrogen-bond acceptors (Lipinski definition) is 8. The van der Waals surface area contributed by atoms with Gasteiger partial charge in [0.2, 0.25) is 17.8 Å². The van der Waals surface area contributed by atoms with Gasteiger partial charge in [-0.2, -0.15) is 15.0 Å². The molecule has 8 nitrogen and oxygen atoms in total. The first-order valence-electron chi connectivity index (χ1n) is 9.52. The fourth-order valence-corrected chi connectivity index (χ4v) is 2.99. The third-order valence-electron chi connectivity index (χ3n) is 4.51. The lowest BCUT2D eigenvalue weighted by Crippen LogP contribution is -2.40. The Morgan fingerprint density at radius 2 is 1.36 bits per heavy atom. The van der Waals surface area contributed by atoms with Crippen molar-refractivity contribution in [3.05, 3.63) is 0 Å². The average molecular weight is 350 g/mol. The van der Waals surface area contributed by atoms with Gasteiger partial charge in [-0.05, 0) is 6.42 Å². The second-order valence-corrected chi connectivity index (χ2v) is 6.45. The van der Waals surface area contributed by atoms with E-state index in [1.165, 1.54) is 19.3 Å². The third kappa shape index (κ3) is 5.40. The first-order valence-corrected chi connectivity index (χ1v) is 9.52. The Labute approximate surface area is 149 Å². The Kier molecular flexibility index (Phi) is 7.05. The summed E-state index contributed by atoms with van der Waals surface area (Å²) in [7, 11) is 0. The van der Waals surface area contributed by atoms with Crippen LogP contribution in [-0.2, 0) is 9.47 Å². The summed E-state index contributed by atoms with van der Waals surface area (Å²) < 4.78 is 10.9. The molecule has 25 heavy (non-hydrogen) atoms. The smallest absolute Gasteiger partial charge is 0.232 e. The summed E-state index contributed by atoms with van der Waals surface area (Å²) in [6.45, 7) is 9.29. The molecule has 0 bridgehead atoms. The predicted molar refractivity (Wildman–Crippen MR) is 98.5 cm³/mol. The molecule has 2 saturated heterocycles. The van der Waals surface area contributed by atoms with Crippen LogP contribution in [0.5, 0.6) is 0 Å². The van der Waals surface area contributed by atoms with Gasteiger partial charge in [0.05, 0.1) is 26.4 Å². The van der Waals surface area contributed by atoms with Crippen molar-refractivity contribution < 1.29 is 9.47 Å². The molecule has 2 aliphatic rings. The van der Waals surface area contributed by atoms with Crippen LogP contribution in [0.4, 0.5) is 17.8 Å². The highest BCUT2D eigenvalue weighted by molar-refractivity contribution is 5.45. The number of ether oxygens (including phenoxy) is 2. The van der Waals surface area contributed by atoms with Crippen LogP contribution in [0.1, 0.15) is 32.6 Å². The minimum Gasteiger partial charge on any atom is -0.378 e. The van der Waals surface area contributed by atoms with Crippen molar-refractivity contribution in [2.45, 2.75) is 32.6 Å². The van der Waals surface area contributed by atoms with E-state index < -0.39 is 0 Å². The molecule has 2 fully saturated rings. The second kappa shape index (κ2) is 9.72. The zero-order valence-electron chi connectivity index (χ0n) is 15.2. The van der Waals surface area contributed by atoms with E-state index in [1.807, 2.05) is 0 Å². The van der Waals surface area contributed by atoms with Crippen molar-refractivity contribution in [1.82, 2.24) is 15.0 Å². The van der Waals surface area contributed by atoms with Crippen molar-refractivity contribution in [3.8, 4) is 0 Å². The van der Waals surface area contributed by atoms with Gasteiger partial charge in [-0.15, -0.1) is 0 Å². The van der Waals surface area contributed by atoms with Gasteiger partial charge in [-0.3, -0.25) is 0 Å². The quantitative estimate of drug-likeness (QED) is 0.708. The van der Waals surface area contributed by atoms with E-state index in [2.05, 4.69) is 32.0 Å². The molecule has 0 atom stereocenters. The summed E-state index contributed by atoms with van der Waals surface area (Å²) in [5.74, 6) is 2.17. The summed E-state index contributed by atoms with van der Waals surface area (Å²) in [5, 5.41) is 3.38. The molecule has 0 saturated carbocycles. The Bertz CT molecular complexity index is 482. The minimum absolute atomic E-state index is 0.675. The number of aromatic nitrogens is 3. The lowest BCUT2D eigenvalue weighted by atomic mass is 10.2. The normalized spacial score (nSPS) is 18.4. The second-order valence-electron chi connectivity index (χ2n) is 6.45. The lowest BCUT2D eigenvalue weighted by molar-refractivity contribution is 0.121. The van der Waals surface area contributed by atoms with Crippen LogP contribution in [-0.4, -0.2) is 74.1 Å². The minimum atomic E-state index is 0.675. The summed E-state index contributed by atoms with van der Waals surface area (Å²) >= 11 is 0. The van der Waals surface area contributed by atoms with Crippen molar-refractivity contribution in [2.75, 3.05) is 74.3 Å². The van der Waals surface area contributed by atoms with Crippen molar-refractivity contribution in [2.24, 2.45) is 0 Å². The van der Waals surface area contributed by atoms with Gasteiger partial charge in [-0.1, -0.05) is 26.2 Å². The number of nitrogens with zero attached hydrogens (tertiary/aromatic N) is 5. The van der Waals surface area contributed by atoms with Gasteiger partial charge >= 0.3 is 0 Å². The van der Waals surface area contributed by atoms with Gasteiger partial charge in [0.15, 0.2) is 0 Å². The molecular weight excluding hydrogens is 320 g/mol. The molecule has 1 N–H and O–H groups in total. The molecule has 1 aromatic rings. The highest BCUT2D eigenvalue weighted by Gasteiger charge is 2.20. The van der Waals surface area contributed by atoms with E-state index >= 15 is 0 Å². The molecule has 0 amide bonds. The standard InChI is InChI=1S/C17H30N6O2/c1-2-3-4-5-6-18-15-19-16(22-7-11-24-12-8-22)21-17(20-15)23-9-13-25-14-10-23/h2-14H2,1H3,(H,18,19,20,21). The van der Waals surface area contributed by atoms with E-state index in [0.717, 1.165) is 77.5 Å². The first kappa shape index (κ1) is 18.1. The Hall–Kier alpha value is -1.67. The van der Waals surface area contributed by atoms with Crippen molar-refractivity contribution >= 4 is 17.8 Å². The van der Waals surface area contributed by atoms with Crippen molar-refractivity contribution in [3.63, 3.8) is 0 Å². The van der Waals surface area contributed by atoms with Gasteiger partial charge in [0.25, 0.3) is 0 Å². The predicted octanol–water partition coefficient (Wildman–Crippen LogP) is 1.54. The highest BCUT2D eigenvalue weighted by Crippen LogP contribution is 2.18. The molecule has 0 aromatic carbocycles. The number of morpholine rings is 2. The molecule has 8 heteroatoms. The topological polar surface area (TPSA) is 75.6 Å². The molecule has 0 aliphatic carbocycles. The lowest BCUT2D eigenvalue weighted by Gasteiger charge is -2.30. The summed E-state index contributed by atoms with van der Waals surface area (Å²) in [5.41, 5.74) is 0. The molecule has 0 spiro atoms. The molecule has 0 unspecified atom stereocenters. The monoisotopic (exact) mass is 350 g/mol. The summed E-state index contributed by atoms with van der Waals surface area (Å²) in [4.78, 5) is 18.4. The fourth-order valence-electron chi connectivity index (χ4n) is 2.99. The number of nitrogens with one attached hydrogen (secondary N) is 1. The van der Waals surface area contributed by atoms with Gasteiger partial charge in [0, 0.05) is 32.7 Å². The molecule has 140 valence electrons. The van der Waals surface area contributed by atoms with Gasteiger partial charge in [0.1, 0.15) is 0 Å². The van der Waals surface area contributed by atoms with Crippen LogP contribution < -0.4 is 15.1 Å². The van der Waals surface area contributed by atoms with E-state index in [1.54, 1.807) is 0 Å². The van der Waals surface area contributed by atoms with Crippen LogP contribution in [0.2, 0.25) is 0 Å². The molecule has 1 aromatic heterocycles. The van der Waals surface area contributed by atoms with Crippen molar-refractivity contribution in [1.29, 1.82) is 0 Å². The largest absolute Gasteiger partial charge is 0.378 e.